The molecule has 5 rings (SSSR count). The molecular weight excluding hydrogens is 416 g/mol. The van der Waals surface area contributed by atoms with Crippen molar-refractivity contribution in [2.45, 2.75) is 44.2 Å². The number of aliphatic hydroxyl groups excluding tert-OH is 1. The Kier molecular flexibility index (Phi) is 4.57. The van der Waals surface area contributed by atoms with E-state index >= 15 is 0 Å². The van der Waals surface area contributed by atoms with Gasteiger partial charge in [-0.05, 0) is 13.3 Å². The Morgan fingerprint density at radius 2 is 2.22 bits per heavy atom. The van der Waals surface area contributed by atoms with Crippen molar-refractivity contribution in [3.05, 3.63) is 22.5 Å². The quantitative estimate of drug-likeness (QED) is 0.402. The van der Waals surface area contributed by atoms with E-state index in [-0.39, 0.29) is 11.5 Å². The molecule has 0 aromatic carbocycles. The van der Waals surface area contributed by atoms with Crippen molar-refractivity contribution in [2.24, 2.45) is 12.0 Å². The fourth-order valence-electron chi connectivity index (χ4n) is 4.43. The van der Waals surface area contributed by atoms with Crippen LogP contribution in [0.25, 0.3) is 11.2 Å². The van der Waals surface area contributed by atoms with Crippen LogP contribution in [0.1, 0.15) is 25.4 Å². The normalized spacial score (nSPS) is 27.3. The van der Waals surface area contributed by atoms with Crippen molar-refractivity contribution < 1.29 is 9.84 Å². The zero-order valence-electron chi connectivity index (χ0n) is 18.6. The number of aliphatic imine (C=N–C) groups is 1. The fourth-order valence-corrected chi connectivity index (χ4v) is 4.43. The topological polar surface area (TPSA) is 143 Å². The molecule has 0 aliphatic carbocycles. The summed E-state index contributed by atoms with van der Waals surface area (Å²) in [5.74, 6) is 1.46. The summed E-state index contributed by atoms with van der Waals surface area (Å²) in [6.45, 7) is 4.32. The van der Waals surface area contributed by atoms with Crippen LogP contribution in [-0.4, -0.2) is 89.0 Å². The van der Waals surface area contributed by atoms with Crippen molar-refractivity contribution in [1.82, 2.24) is 39.2 Å². The third-order valence-corrected chi connectivity index (χ3v) is 6.24. The van der Waals surface area contributed by atoms with Crippen LogP contribution in [0.2, 0.25) is 0 Å². The van der Waals surface area contributed by atoms with Gasteiger partial charge in [0.2, 0.25) is 11.9 Å². The van der Waals surface area contributed by atoms with Crippen LogP contribution < -0.4 is 10.5 Å². The van der Waals surface area contributed by atoms with Gasteiger partial charge in [-0.1, -0.05) is 6.92 Å². The number of nitrogens with one attached hydrogen (secondary N) is 1. The van der Waals surface area contributed by atoms with Gasteiger partial charge in [0.15, 0.2) is 17.4 Å². The van der Waals surface area contributed by atoms with Gasteiger partial charge in [-0.25, -0.2) is 9.98 Å². The lowest BCUT2D eigenvalue weighted by molar-refractivity contribution is -0.104. The molecule has 0 amide bonds. The summed E-state index contributed by atoms with van der Waals surface area (Å²) in [6.07, 6.45) is 2.26. The molecule has 4 atom stereocenters. The number of aromatic nitrogens is 7. The Balaban J connectivity index is 1.60. The molecule has 2 saturated heterocycles. The second kappa shape index (κ2) is 7.10. The molecule has 2 bridgehead atoms. The minimum absolute atomic E-state index is 0.158. The summed E-state index contributed by atoms with van der Waals surface area (Å²) in [5, 5.41) is 15.7. The van der Waals surface area contributed by atoms with Gasteiger partial charge in [0.25, 0.3) is 5.56 Å². The van der Waals surface area contributed by atoms with Gasteiger partial charge in [-0.3, -0.25) is 19.0 Å². The van der Waals surface area contributed by atoms with Gasteiger partial charge >= 0.3 is 0 Å². The van der Waals surface area contributed by atoms with Crippen LogP contribution in [0, 0.1) is 6.92 Å². The number of aromatic amines is 1. The van der Waals surface area contributed by atoms with E-state index in [1.54, 1.807) is 20.5 Å². The number of aliphatic hydroxyl groups is 1. The summed E-state index contributed by atoms with van der Waals surface area (Å²) in [6, 6.07) is -0.469. The van der Waals surface area contributed by atoms with Gasteiger partial charge in [0.05, 0.1) is 19.2 Å². The number of aryl methyl sites for hydroxylation is 2. The summed E-state index contributed by atoms with van der Waals surface area (Å²) in [5.41, 5.74) is -0.668. The third kappa shape index (κ3) is 2.92. The minimum atomic E-state index is -0.786. The smallest absolute Gasteiger partial charge is 0.280 e. The highest BCUT2D eigenvalue weighted by molar-refractivity contribution is 5.71. The Labute approximate surface area is 183 Å². The lowest BCUT2D eigenvalue weighted by atomic mass is 9.96. The average Bonchev–Trinajstić information content (AvgIpc) is 3.47. The van der Waals surface area contributed by atoms with E-state index in [0.29, 0.717) is 24.6 Å². The number of imidazole rings is 1. The summed E-state index contributed by atoms with van der Waals surface area (Å²) in [7, 11) is 5.47. The zero-order chi connectivity index (χ0) is 22.8. The van der Waals surface area contributed by atoms with Crippen LogP contribution in [0.4, 0.5) is 11.9 Å². The van der Waals surface area contributed by atoms with E-state index in [1.165, 1.54) is 6.33 Å². The first-order valence-electron chi connectivity index (χ1n) is 10.4. The lowest BCUT2D eigenvalue weighted by Gasteiger charge is -2.36. The minimum Gasteiger partial charge on any atom is -0.388 e. The maximum Gasteiger partial charge on any atom is 0.280 e. The molecule has 2 aliphatic rings. The number of rotatable bonds is 5. The fraction of sp³-hybridized carbons (Fsp3) is 0.579. The second-order valence-corrected chi connectivity index (χ2v) is 8.49. The molecule has 0 spiro atoms. The highest BCUT2D eigenvalue weighted by Crippen LogP contribution is 2.49. The lowest BCUT2D eigenvalue weighted by Crippen LogP contribution is -2.46. The molecule has 2 fully saturated rings. The highest BCUT2D eigenvalue weighted by atomic mass is 16.6. The predicted molar refractivity (Wildman–Crippen MR) is 116 cm³/mol. The number of anilines is 1. The Bertz CT molecular complexity index is 1240. The summed E-state index contributed by atoms with van der Waals surface area (Å²) in [4.78, 5) is 36.4. The number of hydrogen-bond donors (Lipinski definition) is 2. The first-order chi connectivity index (χ1) is 15.2. The van der Waals surface area contributed by atoms with E-state index in [4.69, 9.17) is 4.74 Å². The summed E-state index contributed by atoms with van der Waals surface area (Å²) >= 11 is 0. The molecule has 13 nitrogen and oxygen atoms in total. The van der Waals surface area contributed by atoms with E-state index < -0.39 is 29.5 Å². The molecule has 0 radical (unpaired) electrons. The van der Waals surface area contributed by atoms with Crippen LogP contribution in [0.5, 0.6) is 0 Å². The molecule has 3 aromatic heterocycles. The number of H-pyrrole nitrogens is 1. The molecule has 13 heteroatoms. The number of morpholine rings is 1. The number of fused-ring (bicyclic) bond motifs is 3. The first kappa shape index (κ1) is 20.6. The van der Waals surface area contributed by atoms with Gasteiger partial charge in [-0.2, -0.15) is 9.97 Å². The van der Waals surface area contributed by atoms with Crippen molar-refractivity contribution in [2.75, 3.05) is 25.5 Å². The molecule has 170 valence electrons. The maximum absolute atomic E-state index is 12.6. The van der Waals surface area contributed by atoms with Crippen LogP contribution >= 0.6 is 0 Å². The molecule has 32 heavy (non-hydrogen) atoms. The number of ether oxygens (including phenoxy) is 1. The van der Waals surface area contributed by atoms with Gasteiger partial charge in [-0.15, -0.1) is 5.10 Å². The molecule has 3 aromatic rings. The van der Waals surface area contributed by atoms with Crippen molar-refractivity contribution in [1.29, 1.82) is 0 Å². The van der Waals surface area contributed by atoms with E-state index in [1.807, 2.05) is 39.9 Å². The van der Waals surface area contributed by atoms with Crippen LogP contribution in [0.3, 0.4) is 0 Å². The molecule has 0 unspecified atom stereocenters. The molecular formula is C19H26N10O3. The Hall–Kier alpha value is -3.32. The number of nitrogens with zero attached hydrogens (tertiary/aromatic N) is 9. The molecule has 2 aliphatic heterocycles. The monoisotopic (exact) mass is 442 g/mol. The maximum atomic E-state index is 12.6. The predicted octanol–water partition coefficient (Wildman–Crippen LogP) is -0.295. The van der Waals surface area contributed by atoms with Crippen LogP contribution in [0.15, 0.2) is 16.1 Å². The zero-order valence-corrected chi connectivity index (χ0v) is 18.6. The van der Waals surface area contributed by atoms with E-state index in [0.717, 1.165) is 5.82 Å². The molecule has 2 N–H and O–H groups in total. The van der Waals surface area contributed by atoms with Crippen molar-refractivity contribution in [3.8, 4) is 0 Å². The van der Waals surface area contributed by atoms with Crippen LogP contribution in [-0.2, 0) is 11.8 Å². The standard InChI is InChI=1S/C19H26N10O3/c1-6-19-7-28(18-22-10(2)27(5)25-18)12(13(19)30)16(32-19)29-9-20-11-14(29)23-17(24-15(11)31)21-8-26(3)4/h8-9,12-13,16,30H,6-7H2,1-5H3,(H,23,24,31)/t12-,13+,16-,19+/m1/s1. The molecule has 0 saturated carbocycles. The third-order valence-electron chi connectivity index (χ3n) is 6.24. The average molecular weight is 442 g/mol. The molecule has 5 heterocycles. The second-order valence-electron chi connectivity index (χ2n) is 8.49. The SMILES string of the molecule is CC[C@@]12CN(c3nc(C)n(C)n3)[C@@H]([C@H](n3cnc4c(=O)[nH]c(N=CN(C)C)nc43)O1)[C@@H]2O. The van der Waals surface area contributed by atoms with Gasteiger partial charge < -0.3 is 19.6 Å². The van der Waals surface area contributed by atoms with Gasteiger partial charge in [0, 0.05) is 21.1 Å². The Morgan fingerprint density at radius 1 is 1.44 bits per heavy atom. The highest BCUT2D eigenvalue weighted by Gasteiger charge is 2.64. The van der Waals surface area contributed by atoms with E-state index in [2.05, 4.69) is 30.0 Å². The largest absolute Gasteiger partial charge is 0.388 e. The van der Waals surface area contributed by atoms with E-state index in [9.17, 15) is 9.90 Å². The number of hydrogen-bond acceptors (Lipinski definition) is 9. The Morgan fingerprint density at radius 3 is 2.84 bits per heavy atom. The summed E-state index contributed by atoms with van der Waals surface area (Å²) < 4.78 is 9.79. The first-order valence-corrected chi connectivity index (χ1v) is 10.4. The van der Waals surface area contributed by atoms with Gasteiger partial charge in [0.1, 0.15) is 23.6 Å². The van der Waals surface area contributed by atoms with Crippen molar-refractivity contribution >= 4 is 29.4 Å². The van der Waals surface area contributed by atoms with Crippen molar-refractivity contribution in [3.63, 3.8) is 0 Å².